The summed E-state index contributed by atoms with van der Waals surface area (Å²) in [7, 11) is 0. The van der Waals surface area contributed by atoms with E-state index in [-0.39, 0.29) is 5.75 Å². The molecule has 5 nitrogen and oxygen atoms in total. The first-order chi connectivity index (χ1) is 9.60. The largest absolute Gasteiger partial charge is 0.508 e. The lowest BCUT2D eigenvalue weighted by molar-refractivity contribution is 0.475. The van der Waals surface area contributed by atoms with E-state index in [2.05, 4.69) is 5.43 Å². The van der Waals surface area contributed by atoms with E-state index in [1.165, 1.54) is 0 Å². The normalized spacial score (nSPS) is 10.4. The van der Waals surface area contributed by atoms with Crippen molar-refractivity contribution in [3.05, 3.63) is 48.0 Å². The Balaban J connectivity index is 2.25. The minimum absolute atomic E-state index is 0.244. The van der Waals surface area contributed by atoms with Crippen molar-refractivity contribution >= 4 is 17.1 Å². The van der Waals surface area contributed by atoms with Gasteiger partial charge in [0.15, 0.2) is 0 Å². The zero-order valence-electron chi connectivity index (χ0n) is 11.5. The van der Waals surface area contributed by atoms with Crippen LogP contribution >= 0.6 is 0 Å². The number of benzene rings is 2. The Bertz CT molecular complexity index is 569. The molecule has 0 aliphatic heterocycles. The van der Waals surface area contributed by atoms with Gasteiger partial charge in [-0.2, -0.15) is 0 Å². The van der Waals surface area contributed by atoms with Crippen molar-refractivity contribution in [2.45, 2.75) is 13.5 Å². The Hall–Kier alpha value is -2.40. The molecule has 20 heavy (non-hydrogen) atoms. The summed E-state index contributed by atoms with van der Waals surface area (Å²) in [6.07, 6.45) is 0. The average Bonchev–Trinajstić information content (AvgIpc) is 2.43. The summed E-state index contributed by atoms with van der Waals surface area (Å²) < 4.78 is 0. The van der Waals surface area contributed by atoms with Gasteiger partial charge in [-0.05, 0) is 48.0 Å². The summed E-state index contributed by atoms with van der Waals surface area (Å²) in [6.45, 7) is 3.40. The van der Waals surface area contributed by atoms with Crippen LogP contribution in [-0.4, -0.2) is 11.7 Å². The molecule has 0 saturated heterocycles. The number of aromatic hydroxyl groups is 1. The lowest BCUT2D eigenvalue weighted by Crippen LogP contribution is -2.37. The van der Waals surface area contributed by atoms with E-state index in [1.807, 2.05) is 36.2 Å². The van der Waals surface area contributed by atoms with Gasteiger partial charge in [0.1, 0.15) is 5.75 Å². The van der Waals surface area contributed by atoms with Crippen molar-refractivity contribution in [1.82, 2.24) is 5.43 Å². The highest BCUT2D eigenvalue weighted by atomic mass is 16.3. The van der Waals surface area contributed by atoms with Crippen molar-refractivity contribution in [1.29, 1.82) is 0 Å². The van der Waals surface area contributed by atoms with E-state index < -0.39 is 0 Å². The Morgan fingerprint density at radius 1 is 1.10 bits per heavy atom. The number of phenolic OH excluding ortho intramolecular Hbond substituents is 1. The Labute approximate surface area is 118 Å². The van der Waals surface area contributed by atoms with Crippen LogP contribution in [0.25, 0.3) is 0 Å². The van der Waals surface area contributed by atoms with Gasteiger partial charge >= 0.3 is 0 Å². The van der Waals surface area contributed by atoms with Gasteiger partial charge in [-0.3, -0.25) is 0 Å². The fourth-order valence-electron chi connectivity index (χ4n) is 1.99. The van der Waals surface area contributed by atoms with Crippen LogP contribution in [0.5, 0.6) is 5.75 Å². The predicted octanol–water partition coefficient (Wildman–Crippen LogP) is 2.09. The molecule has 0 saturated carbocycles. The van der Waals surface area contributed by atoms with Gasteiger partial charge < -0.3 is 21.6 Å². The third kappa shape index (κ3) is 3.33. The molecule has 0 heterocycles. The molecule has 0 fully saturated rings. The smallest absolute Gasteiger partial charge is 0.115 e. The average molecular weight is 272 g/mol. The number of rotatable bonds is 5. The molecule has 2 aromatic rings. The summed E-state index contributed by atoms with van der Waals surface area (Å²) in [5.74, 6) is 0.244. The first-order valence-corrected chi connectivity index (χ1v) is 6.54. The third-order valence-corrected chi connectivity index (χ3v) is 3.01. The standard InChI is InChI=1S/C15H20N4O/c1-2-18-19(13-4-6-14(20)7-5-13)10-11-9-12(16)3-8-15(11)17/h3-9,18,20H,2,10,16-17H2,1H3. The maximum Gasteiger partial charge on any atom is 0.115 e. The number of nitrogens with zero attached hydrogens (tertiary/aromatic N) is 1. The highest BCUT2D eigenvalue weighted by Crippen LogP contribution is 2.22. The van der Waals surface area contributed by atoms with Crippen molar-refractivity contribution in [2.24, 2.45) is 0 Å². The topological polar surface area (TPSA) is 87.5 Å². The molecule has 5 heteroatoms. The Morgan fingerprint density at radius 2 is 1.80 bits per heavy atom. The van der Waals surface area contributed by atoms with Crippen LogP contribution < -0.4 is 21.9 Å². The molecule has 0 aliphatic carbocycles. The summed E-state index contributed by atoms with van der Waals surface area (Å²) in [5, 5.41) is 11.3. The van der Waals surface area contributed by atoms with Crippen LogP contribution in [0.1, 0.15) is 12.5 Å². The molecular formula is C15H20N4O. The maximum atomic E-state index is 9.36. The van der Waals surface area contributed by atoms with Gasteiger partial charge in [-0.1, -0.05) is 6.92 Å². The third-order valence-electron chi connectivity index (χ3n) is 3.01. The Kier molecular flexibility index (Phi) is 4.32. The highest BCUT2D eigenvalue weighted by molar-refractivity contribution is 5.57. The quantitative estimate of drug-likeness (QED) is 0.494. The fraction of sp³-hybridized carbons (Fsp3) is 0.200. The lowest BCUT2D eigenvalue weighted by Gasteiger charge is -2.26. The molecular weight excluding hydrogens is 252 g/mol. The minimum atomic E-state index is 0.244. The van der Waals surface area contributed by atoms with Gasteiger partial charge in [0.2, 0.25) is 0 Å². The highest BCUT2D eigenvalue weighted by Gasteiger charge is 2.09. The van der Waals surface area contributed by atoms with E-state index in [1.54, 1.807) is 18.2 Å². The molecule has 0 radical (unpaired) electrons. The van der Waals surface area contributed by atoms with E-state index in [0.29, 0.717) is 17.9 Å². The van der Waals surface area contributed by atoms with Gasteiger partial charge in [-0.15, -0.1) is 0 Å². The number of nitrogens with one attached hydrogen (secondary N) is 1. The fourth-order valence-corrected chi connectivity index (χ4v) is 1.99. The van der Waals surface area contributed by atoms with Gasteiger partial charge in [0.25, 0.3) is 0 Å². The number of hydrazine groups is 1. The van der Waals surface area contributed by atoms with Crippen LogP contribution in [0, 0.1) is 0 Å². The molecule has 0 unspecified atom stereocenters. The van der Waals surface area contributed by atoms with Crippen molar-refractivity contribution in [3.63, 3.8) is 0 Å². The molecule has 106 valence electrons. The maximum absolute atomic E-state index is 9.36. The van der Waals surface area contributed by atoms with Gasteiger partial charge in [0.05, 0.1) is 12.2 Å². The molecule has 2 rings (SSSR count). The molecule has 0 amide bonds. The zero-order valence-corrected chi connectivity index (χ0v) is 11.5. The summed E-state index contributed by atoms with van der Waals surface area (Å²) in [6, 6.07) is 12.5. The molecule has 0 bridgehead atoms. The second kappa shape index (κ2) is 6.16. The van der Waals surface area contributed by atoms with Gasteiger partial charge in [-0.25, -0.2) is 5.43 Å². The summed E-state index contributed by atoms with van der Waals surface area (Å²) >= 11 is 0. The molecule has 0 atom stereocenters. The van der Waals surface area contributed by atoms with Crippen LogP contribution in [0.3, 0.4) is 0 Å². The Morgan fingerprint density at radius 3 is 2.45 bits per heavy atom. The second-order valence-corrected chi connectivity index (χ2v) is 4.57. The summed E-state index contributed by atoms with van der Waals surface area (Å²) in [5.41, 5.74) is 18.4. The van der Waals surface area contributed by atoms with Crippen molar-refractivity contribution < 1.29 is 5.11 Å². The first-order valence-electron chi connectivity index (χ1n) is 6.54. The molecule has 6 N–H and O–H groups in total. The monoisotopic (exact) mass is 272 g/mol. The van der Waals surface area contributed by atoms with Crippen molar-refractivity contribution in [3.8, 4) is 5.75 Å². The minimum Gasteiger partial charge on any atom is -0.508 e. The predicted molar refractivity (Wildman–Crippen MR) is 83.2 cm³/mol. The number of nitrogens with two attached hydrogens (primary N) is 2. The first kappa shape index (κ1) is 14.0. The van der Waals surface area contributed by atoms with Crippen molar-refractivity contribution in [2.75, 3.05) is 23.0 Å². The second-order valence-electron chi connectivity index (χ2n) is 4.57. The number of nitrogen functional groups attached to an aromatic ring is 2. The molecule has 0 spiro atoms. The number of hydrogen-bond acceptors (Lipinski definition) is 5. The molecule has 0 aromatic heterocycles. The van der Waals surface area contributed by atoms with Gasteiger partial charge in [0, 0.05) is 17.9 Å². The van der Waals surface area contributed by atoms with Crippen LogP contribution in [0.15, 0.2) is 42.5 Å². The van der Waals surface area contributed by atoms with E-state index in [4.69, 9.17) is 11.5 Å². The summed E-state index contributed by atoms with van der Waals surface area (Å²) in [4.78, 5) is 0. The van der Waals surface area contributed by atoms with Crippen LogP contribution in [-0.2, 0) is 6.54 Å². The van der Waals surface area contributed by atoms with E-state index in [9.17, 15) is 5.11 Å². The molecule has 0 aliphatic rings. The van der Waals surface area contributed by atoms with E-state index >= 15 is 0 Å². The number of anilines is 3. The zero-order chi connectivity index (χ0) is 14.5. The van der Waals surface area contributed by atoms with Crippen LogP contribution in [0.2, 0.25) is 0 Å². The number of hydrogen-bond donors (Lipinski definition) is 4. The lowest BCUT2D eigenvalue weighted by atomic mass is 10.1. The SMILES string of the molecule is CCNN(Cc1cc(N)ccc1N)c1ccc(O)cc1. The molecule has 2 aromatic carbocycles. The van der Waals surface area contributed by atoms with E-state index in [0.717, 1.165) is 17.8 Å². The number of phenols is 1. The van der Waals surface area contributed by atoms with Crippen LogP contribution in [0.4, 0.5) is 17.1 Å².